The zero-order valence-electron chi connectivity index (χ0n) is 7.54. The van der Waals surface area contributed by atoms with Crippen LogP contribution in [0.4, 0.5) is 0 Å². The first-order valence-corrected chi connectivity index (χ1v) is 4.34. The Morgan fingerprint density at radius 2 is 2.38 bits per heavy atom. The van der Waals surface area contributed by atoms with Gasteiger partial charge >= 0.3 is 0 Å². The standard InChI is InChI=1S/C8H14N2O3/c1-5(11)2-3-9-6-4-7(12)10-8(6)13/h5-6,9,11H,2-4H2,1H3,(H,10,12,13). The molecule has 2 amide bonds. The molecule has 13 heavy (non-hydrogen) atoms. The van der Waals surface area contributed by atoms with Gasteiger partial charge in [-0.1, -0.05) is 0 Å². The first-order chi connectivity index (χ1) is 6.09. The maximum Gasteiger partial charge on any atom is 0.244 e. The monoisotopic (exact) mass is 186 g/mol. The second-order valence-electron chi connectivity index (χ2n) is 3.26. The van der Waals surface area contributed by atoms with Gasteiger partial charge in [0.1, 0.15) is 0 Å². The van der Waals surface area contributed by atoms with E-state index in [1.54, 1.807) is 6.92 Å². The summed E-state index contributed by atoms with van der Waals surface area (Å²) >= 11 is 0. The Kier molecular flexibility index (Phi) is 3.39. The lowest BCUT2D eigenvalue weighted by molar-refractivity contribution is -0.125. The molecule has 1 heterocycles. The van der Waals surface area contributed by atoms with Gasteiger partial charge in [-0.15, -0.1) is 0 Å². The number of aliphatic hydroxyl groups is 1. The van der Waals surface area contributed by atoms with Crippen LogP contribution in [-0.4, -0.2) is 35.6 Å². The first-order valence-electron chi connectivity index (χ1n) is 4.34. The molecular formula is C8H14N2O3. The SMILES string of the molecule is CC(O)CCNC1CC(=O)NC1=O. The maximum atomic E-state index is 11.0. The van der Waals surface area contributed by atoms with Crippen LogP contribution in [0, 0.1) is 0 Å². The van der Waals surface area contributed by atoms with Gasteiger partial charge in [-0.2, -0.15) is 0 Å². The Morgan fingerprint density at radius 3 is 2.85 bits per heavy atom. The number of amides is 2. The van der Waals surface area contributed by atoms with Gasteiger partial charge in [0.15, 0.2) is 0 Å². The number of imide groups is 1. The number of nitrogens with one attached hydrogen (secondary N) is 2. The summed E-state index contributed by atoms with van der Waals surface area (Å²) < 4.78 is 0. The minimum atomic E-state index is -0.411. The molecule has 0 bridgehead atoms. The molecule has 0 saturated carbocycles. The number of carbonyl (C=O) groups is 2. The highest BCUT2D eigenvalue weighted by Crippen LogP contribution is 2.01. The Balaban J connectivity index is 2.22. The van der Waals surface area contributed by atoms with Crippen molar-refractivity contribution in [1.82, 2.24) is 10.6 Å². The minimum absolute atomic E-state index is 0.207. The summed E-state index contributed by atoms with van der Waals surface area (Å²) in [5, 5.41) is 14.0. The van der Waals surface area contributed by atoms with Crippen LogP contribution in [0.1, 0.15) is 19.8 Å². The molecule has 1 fully saturated rings. The third kappa shape index (κ3) is 3.12. The van der Waals surface area contributed by atoms with E-state index in [2.05, 4.69) is 10.6 Å². The van der Waals surface area contributed by atoms with Gasteiger partial charge in [-0.3, -0.25) is 14.9 Å². The summed E-state index contributed by atoms with van der Waals surface area (Å²) in [4.78, 5) is 21.7. The van der Waals surface area contributed by atoms with Crippen LogP contribution >= 0.6 is 0 Å². The Hall–Kier alpha value is -0.940. The van der Waals surface area contributed by atoms with E-state index in [-0.39, 0.29) is 24.3 Å². The van der Waals surface area contributed by atoms with Crippen molar-refractivity contribution >= 4 is 11.8 Å². The smallest absolute Gasteiger partial charge is 0.244 e. The lowest BCUT2D eigenvalue weighted by Gasteiger charge is -2.09. The van der Waals surface area contributed by atoms with Crippen molar-refractivity contribution in [2.24, 2.45) is 0 Å². The van der Waals surface area contributed by atoms with Crippen LogP contribution in [0.3, 0.4) is 0 Å². The van der Waals surface area contributed by atoms with Crippen molar-refractivity contribution in [3.05, 3.63) is 0 Å². The fourth-order valence-corrected chi connectivity index (χ4v) is 1.18. The molecule has 0 radical (unpaired) electrons. The summed E-state index contributed by atoms with van der Waals surface area (Å²) in [5.41, 5.74) is 0. The number of carbonyl (C=O) groups excluding carboxylic acids is 2. The average molecular weight is 186 g/mol. The molecule has 0 aliphatic carbocycles. The zero-order valence-corrected chi connectivity index (χ0v) is 7.54. The summed E-state index contributed by atoms with van der Waals surface area (Å²) in [6, 6.07) is -0.411. The van der Waals surface area contributed by atoms with Gasteiger partial charge in [-0.25, -0.2) is 0 Å². The summed E-state index contributed by atoms with van der Waals surface area (Å²) in [6.45, 7) is 2.23. The molecule has 74 valence electrons. The van der Waals surface area contributed by atoms with Gasteiger partial charge < -0.3 is 10.4 Å². The highest BCUT2D eigenvalue weighted by molar-refractivity contribution is 6.05. The fourth-order valence-electron chi connectivity index (χ4n) is 1.18. The molecule has 1 aliphatic rings. The number of hydrogen-bond acceptors (Lipinski definition) is 4. The quantitative estimate of drug-likeness (QED) is 0.480. The van der Waals surface area contributed by atoms with E-state index >= 15 is 0 Å². The van der Waals surface area contributed by atoms with E-state index in [9.17, 15) is 9.59 Å². The Labute approximate surface area is 76.5 Å². The van der Waals surface area contributed by atoms with Crippen molar-refractivity contribution < 1.29 is 14.7 Å². The first kappa shape index (κ1) is 10.1. The average Bonchev–Trinajstić information content (AvgIpc) is 2.29. The normalized spacial score (nSPS) is 24.6. The van der Waals surface area contributed by atoms with E-state index in [0.717, 1.165) is 0 Å². The van der Waals surface area contributed by atoms with Gasteiger partial charge in [0.2, 0.25) is 11.8 Å². The van der Waals surface area contributed by atoms with Crippen LogP contribution in [0.5, 0.6) is 0 Å². The molecular weight excluding hydrogens is 172 g/mol. The largest absolute Gasteiger partial charge is 0.393 e. The second-order valence-corrected chi connectivity index (χ2v) is 3.26. The molecule has 5 nitrogen and oxygen atoms in total. The number of rotatable bonds is 4. The second kappa shape index (κ2) is 4.34. The molecule has 0 aromatic rings. The predicted octanol–water partition coefficient (Wildman–Crippen LogP) is -1.24. The maximum absolute atomic E-state index is 11.0. The molecule has 0 aromatic carbocycles. The molecule has 2 unspecified atom stereocenters. The predicted molar refractivity (Wildman–Crippen MR) is 45.9 cm³/mol. The fraction of sp³-hybridized carbons (Fsp3) is 0.750. The molecule has 0 aromatic heterocycles. The molecule has 0 spiro atoms. The van der Waals surface area contributed by atoms with Gasteiger partial charge in [0.05, 0.1) is 18.6 Å². The molecule has 3 N–H and O–H groups in total. The molecule has 1 saturated heterocycles. The molecule has 1 aliphatic heterocycles. The highest BCUT2D eigenvalue weighted by atomic mass is 16.3. The molecule has 1 rings (SSSR count). The Bertz CT molecular complexity index is 215. The van der Waals surface area contributed by atoms with Crippen molar-refractivity contribution in [3.8, 4) is 0 Å². The van der Waals surface area contributed by atoms with Crippen LogP contribution < -0.4 is 10.6 Å². The van der Waals surface area contributed by atoms with E-state index in [1.165, 1.54) is 0 Å². The van der Waals surface area contributed by atoms with Gasteiger partial charge in [0, 0.05) is 0 Å². The van der Waals surface area contributed by atoms with Crippen molar-refractivity contribution in [3.63, 3.8) is 0 Å². The van der Waals surface area contributed by atoms with Gasteiger partial charge in [-0.05, 0) is 19.9 Å². The third-order valence-electron chi connectivity index (χ3n) is 1.92. The minimum Gasteiger partial charge on any atom is -0.393 e. The molecule has 2 atom stereocenters. The van der Waals surface area contributed by atoms with Crippen LogP contribution in [-0.2, 0) is 9.59 Å². The van der Waals surface area contributed by atoms with Crippen LogP contribution in [0.15, 0.2) is 0 Å². The van der Waals surface area contributed by atoms with Crippen molar-refractivity contribution in [1.29, 1.82) is 0 Å². The topological polar surface area (TPSA) is 78.4 Å². The lowest BCUT2D eigenvalue weighted by Crippen LogP contribution is -2.37. The lowest BCUT2D eigenvalue weighted by atomic mass is 10.2. The highest BCUT2D eigenvalue weighted by Gasteiger charge is 2.29. The number of aliphatic hydroxyl groups excluding tert-OH is 1. The van der Waals surface area contributed by atoms with Crippen LogP contribution in [0.25, 0.3) is 0 Å². The van der Waals surface area contributed by atoms with E-state index < -0.39 is 6.04 Å². The van der Waals surface area contributed by atoms with E-state index in [4.69, 9.17) is 5.11 Å². The van der Waals surface area contributed by atoms with E-state index in [0.29, 0.717) is 13.0 Å². The Morgan fingerprint density at radius 1 is 1.69 bits per heavy atom. The zero-order chi connectivity index (χ0) is 9.84. The third-order valence-corrected chi connectivity index (χ3v) is 1.92. The van der Waals surface area contributed by atoms with Crippen LogP contribution in [0.2, 0.25) is 0 Å². The molecule has 5 heteroatoms. The van der Waals surface area contributed by atoms with Gasteiger partial charge in [0.25, 0.3) is 0 Å². The summed E-state index contributed by atoms with van der Waals surface area (Å²) in [5.74, 6) is -0.505. The van der Waals surface area contributed by atoms with E-state index in [1.807, 2.05) is 0 Å². The number of hydrogen-bond donors (Lipinski definition) is 3. The summed E-state index contributed by atoms with van der Waals surface area (Å²) in [6.07, 6.45) is 0.407. The summed E-state index contributed by atoms with van der Waals surface area (Å²) in [7, 11) is 0. The van der Waals surface area contributed by atoms with Crippen molar-refractivity contribution in [2.45, 2.75) is 31.9 Å². The van der Waals surface area contributed by atoms with Crippen molar-refractivity contribution in [2.75, 3.05) is 6.54 Å².